The van der Waals surface area contributed by atoms with Gasteiger partial charge in [0.2, 0.25) is 15.9 Å². The molecule has 3 rings (SSSR count). The topological polar surface area (TPSA) is 66.9 Å². The Kier molecular flexibility index (Phi) is 4.94. The van der Waals surface area contributed by atoms with Crippen molar-refractivity contribution in [1.82, 2.24) is 9.21 Å². The summed E-state index contributed by atoms with van der Waals surface area (Å²) in [6.45, 7) is 3.83. The molecule has 2 fully saturated rings. The van der Waals surface area contributed by atoms with Crippen molar-refractivity contribution in [2.24, 2.45) is 0 Å². The van der Waals surface area contributed by atoms with Gasteiger partial charge < -0.3 is 9.64 Å². The number of carbonyl (C=O) groups is 1. The van der Waals surface area contributed by atoms with Gasteiger partial charge in [-0.25, -0.2) is 8.42 Å². The van der Waals surface area contributed by atoms with E-state index in [-0.39, 0.29) is 5.91 Å². The molecule has 2 heterocycles. The van der Waals surface area contributed by atoms with Gasteiger partial charge in [-0.2, -0.15) is 4.31 Å². The largest absolute Gasteiger partial charge is 0.358 e. The summed E-state index contributed by atoms with van der Waals surface area (Å²) in [4.78, 5) is 14.2. The Labute approximate surface area is 143 Å². The summed E-state index contributed by atoms with van der Waals surface area (Å²) < 4.78 is 33.4. The summed E-state index contributed by atoms with van der Waals surface area (Å²) in [6, 6.07) is 8.47. The van der Waals surface area contributed by atoms with Crippen LogP contribution in [0, 0.1) is 0 Å². The molecule has 24 heavy (non-hydrogen) atoms. The summed E-state index contributed by atoms with van der Waals surface area (Å²) in [5.41, 5.74) is -0.808. The third kappa shape index (κ3) is 3.08. The molecule has 6 nitrogen and oxygen atoms in total. The lowest BCUT2D eigenvalue weighted by atomic mass is 10.0. The van der Waals surface area contributed by atoms with Gasteiger partial charge >= 0.3 is 0 Å². The van der Waals surface area contributed by atoms with E-state index in [9.17, 15) is 13.2 Å². The van der Waals surface area contributed by atoms with Gasteiger partial charge in [0, 0.05) is 38.9 Å². The Bertz CT molecular complexity index is 682. The average Bonchev–Trinajstić information content (AvgIpc) is 3.00. The number of hydrogen-bond donors (Lipinski definition) is 0. The second-order valence-corrected chi connectivity index (χ2v) is 8.18. The molecule has 2 aliphatic heterocycles. The predicted octanol–water partition coefficient (Wildman–Crippen LogP) is 1.83. The molecule has 0 unspecified atom stereocenters. The molecule has 132 valence electrons. The number of carbonyl (C=O) groups excluding carboxylic acids is 1. The number of ether oxygens (including phenoxy) is 1. The number of benzene rings is 1. The molecular weight excluding hydrogens is 328 g/mol. The second kappa shape index (κ2) is 6.82. The lowest BCUT2D eigenvalue weighted by molar-refractivity contribution is -0.140. The molecule has 2 aliphatic rings. The zero-order valence-corrected chi connectivity index (χ0v) is 14.8. The Morgan fingerprint density at radius 2 is 1.83 bits per heavy atom. The van der Waals surface area contributed by atoms with Crippen molar-refractivity contribution in [3.63, 3.8) is 0 Å². The van der Waals surface area contributed by atoms with Crippen LogP contribution < -0.4 is 0 Å². The number of amides is 1. The van der Waals surface area contributed by atoms with Crippen LogP contribution in [0.25, 0.3) is 0 Å². The number of hydrogen-bond acceptors (Lipinski definition) is 4. The van der Waals surface area contributed by atoms with Crippen molar-refractivity contribution in [2.75, 3.05) is 26.2 Å². The summed E-state index contributed by atoms with van der Waals surface area (Å²) in [7, 11) is -3.59. The van der Waals surface area contributed by atoms with E-state index in [4.69, 9.17) is 4.74 Å². The maximum Gasteiger partial charge on any atom is 0.245 e. The third-order valence-corrected chi connectivity index (χ3v) is 6.78. The second-order valence-electron chi connectivity index (χ2n) is 6.32. The van der Waals surface area contributed by atoms with Crippen LogP contribution in [0.2, 0.25) is 0 Å². The van der Waals surface area contributed by atoms with Crippen LogP contribution in [0.3, 0.4) is 0 Å². The number of sulfonamides is 1. The molecule has 1 spiro atoms. The highest BCUT2D eigenvalue weighted by molar-refractivity contribution is 7.89. The van der Waals surface area contributed by atoms with Crippen LogP contribution in [0.1, 0.15) is 32.6 Å². The van der Waals surface area contributed by atoms with Gasteiger partial charge in [-0.05, 0) is 18.6 Å². The first-order valence-corrected chi connectivity index (χ1v) is 9.93. The molecule has 0 radical (unpaired) electrons. The first-order valence-electron chi connectivity index (χ1n) is 8.49. The minimum Gasteiger partial charge on any atom is -0.358 e. The van der Waals surface area contributed by atoms with Crippen LogP contribution in [-0.2, 0) is 19.6 Å². The van der Waals surface area contributed by atoms with Gasteiger partial charge in [-0.1, -0.05) is 25.1 Å². The van der Waals surface area contributed by atoms with Crippen molar-refractivity contribution in [3.8, 4) is 0 Å². The number of nitrogens with zero attached hydrogens (tertiary/aromatic N) is 2. The third-order valence-electron chi connectivity index (χ3n) is 4.81. The Balaban J connectivity index is 1.78. The summed E-state index contributed by atoms with van der Waals surface area (Å²) in [5.74, 6) is 0.141. The van der Waals surface area contributed by atoms with Gasteiger partial charge in [-0.3, -0.25) is 4.79 Å². The first-order chi connectivity index (χ1) is 11.5. The molecule has 1 aromatic carbocycles. The van der Waals surface area contributed by atoms with E-state index in [0.717, 1.165) is 6.42 Å². The van der Waals surface area contributed by atoms with E-state index in [1.54, 1.807) is 30.3 Å². The van der Waals surface area contributed by atoms with Gasteiger partial charge in [-0.15, -0.1) is 0 Å². The van der Waals surface area contributed by atoms with E-state index in [1.807, 2.05) is 11.8 Å². The normalized spacial score (nSPS) is 21.3. The van der Waals surface area contributed by atoms with Gasteiger partial charge in [0.25, 0.3) is 0 Å². The maximum absolute atomic E-state index is 13.0. The maximum atomic E-state index is 13.0. The summed E-state index contributed by atoms with van der Waals surface area (Å²) in [6.07, 6.45) is 2.41. The van der Waals surface area contributed by atoms with Crippen molar-refractivity contribution < 1.29 is 17.9 Å². The quantitative estimate of drug-likeness (QED) is 0.829. The van der Waals surface area contributed by atoms with Gasteiger partial charge in [0.05, 0.1) is 11.5 Å². The van der Waals surface area contributed by atoms with Crippen molar-refractivity contribution in [3.05, 3.63) is 30.3 Å². The molecule has 2 saturated heterocycles. The molecule has 7 heteroatoms. The zero-order chi connectivity index (χ0) is 17.2. The monoisotopic (exact) mass is 352 g/mol. The average molecular weight is 352 g/mol. The van der Waals surface area contributed by atoms with E-state index in [0.29, 0.717) is 50.4 Å². The van der Waals surface area contributed by atoms with Crippen molar-refractivity contribution in [2.45, 2.75) is 43.2 Å². The van der Waals surface area contributed by atoms with E-state index in [2.05, 4.69) is 0 Å². The Hall–Kier alpha value is -1.44. The van der Waals surface area contributed by atoms with Crippen LogP contribution in [0.4, 0.5) is 0 Å². The smallest absolute Gasteiger partial charge is 0.245 e. The van der Waals surface area contributed by atoms with Crippen molar-refractivity contribution >= 4 is 15.9 Å². The molecule has 0 N–H and O–H groups in total. The number of rotatable bonds is 4. The van der Waals surface area contributed by atoms with E-state index >= 15 is 0 Å². The fourth-order valence-electron chi connectivity index (χ4n) is 3.52. The minimum atomic E-state index is -3.59. The molecule has 0 saturated carbocycles. The fraction of sp³-hybridized carbons (Fsp3) is 0.588. The minimum absolute atomic E-state index is 0.141. The van der Waals surface area contributed by atoms with Crippen molar-refractivity contribution in [1.29, 1.82) is 0 Å². The first kappa shape index (κ1) is 17.4. The highest BCUT2D eigenvalue weighted by atomic mass is 32.2. The Morgan fingerprint density at radius 3 is 2.46 bits per heavy atom. The predicted molar refractivity (Wildman–Crippen MR) is 89.7 cm³/mol. The van der Waals surface area contributed by atoms with Crippen LogP contribution in [0.5, 0.6) is 0 Å². The van der Waals surface area contributed by atoms with Gasteiger partial charge in [0.15, 0.2) is 0 Å². The molecule has 0 aliphatic carbocycles. The fourth-order valence-corrected chi connectivity index (χ4v) is 5.27. The molecule has 1 amide bonds. The highest BCUT2D eigenvalue weighted by Crippen LogP contribution is 2.38. The van der Waals surface area contributed by atoms with Crippen LogP contribution >= 0.6 is 0 Å². The summed E-state index contributed by atoms with van der Waals surface area (Å²) >= 11 is 0. The molecular formula is C17H24N2O4S. The SMILES string of the molecule is CCCC(=O)N1CCC2(CC1)OCCN2S(=O)(=O)c1ccccc1. The molecule has 0 bridgehead atoms. The lowest BCUT2D eigenvalue weighted by Crippen LogP contribution is -2.55. The number of likely N-dealkylation sites (tertiary alicyclic amines) is 1. The zero-order valence-electron chi connectivity index (χ0n) is 14.0. The molecule has 1 aromatic rings. The van der Waals surface area contributed by atoms with E-state index in [1.165, 1.54) is 4.31 Å². The van der Waals surface area contributed by atoms with Gasteiger partial charge in [0.1, 0.15) is 5.72 Å². The highest BCUT2D eigenvalue weighted by Gasteiger charge is 2.50. The standard InChI is InChI=1S/C17H24N2O4S/c1-2-6-16(20)18-11-9-17(10-12-18)19(13-14-23-17)24(21,22)15-7-4-3-5-8-15/h3-5,7-8H,2,6,9-14H2,1H3. The number of piperidine rings is 1. The molecule has 0 aromatic heterocycles. The van der Waals surface area contributed by atoms with Crippen LogP contribution in [-0.4, -0.2) is 55.5 Å². The summed E-state index contributed by atoms with van der Waals surface area (Å²) in [5, 5.41) is 0. The van der Waals surface area contributed by atoms with Crippen LogP contribution in [0.15, 0.2) is 35.2 Å². The van der Waals surface area contributed by atoms with E-state index < -0.39 is 15.7 Å². The molecule has 0 atom stereocenters. The lowest BCUT2D eigenvalue weighted by Gasteiger charge is -2.42. The Morgan fingerprint density at radius 1 is 1.17 bits per heavy atom.